The summed E-state index contributed by atoms with van der Waals surface area (Å²) >= 11 is 10.5. The van der Waals surface area contributed by atoms with Crippen molar-refractivity contribution in [2.75, 3.05) is 52.9 Å². The van der Waals surface area contributed by atoms with Crippen LogP contribution in [0.15, 0.2) is 10.2 Å². The van der Waals surface area contributed by atoms with Crippen LogP contribution in [0.5, 0.6) is 0 Å². The maximum absolute atomic E-state index is 5.25. The molecule has 8 nitrogen and oxygen atoms in total. The molecule has 1 fully saturated rings. The first-order chi connectivity index (χ1) is 12.9. The number of hydrazone groups is 2. The van der Waals surface area contributed by atoms with Gasteiger partial charge >= 0.3 is 0 Å². The lowest BCUT2D eigenvalue weighted by Crippen LogP contribution is -2.38. The molecule has 0 aliphatic carbocycles. The number of nitrogens with one attached hydrogen (secondary N) is 4. The Morgan fingerprint density at radius 1 is 0.963 bits per heavy atom. The van der Waals surface area contributed by atoms with Gasteiger partial charge in [0.1, 0.15) is 0 Å². The van der Waals surface area contributed by atoms with Crippen molar-refractivity contribution < 1.29 is 0 Å². The van der Waals surface area contributed by atoms with Gasteiger partial charge in [-0.2, -0.15) is 10.2 Å². The van der Waals surface area contributed by atoms with Crippen LogP contribution in [0, 0.1) is 0 Å². The molecule has 1 heterocycles. The lowest BCUT2D eigenvalue weighted by molar-refractivity contribution is 0.343. The van der Waals surface area contributed by atoms with E-state index in [-0.39, 0.29) is 0 Å². The smallest absolute Gasteiger partial charge is 0.187 e. The van der Waals surface area contributed by atoms with Crippen molar-refractivity contribution in [3.8, 4) is 0 Å². The van der Waals surface area contributed by atoms with Crippen molar-refractivity contribution in [2.24, 2.45) is 10.2 Å². The molecule has 1 rings (SSSR count). The topological polar surface area (TPSA) is 79.3 Å². The summed E-state index contributed by atoms with van der Waals surface area (Å²) in [7, 11) is 2.07. The van der Waals surface area contributed by atoms with E-state index >= 15 is 0 Å². The molecule has 0 saturated carbocycles. The van der Waals surface area contributed by atoms with Crippen LogP contribution in [0.1, 0.15) is 33.6 Å². The molecule has 154 valence electrons. The fraction of sp³-hybridized carbons (Fsp3) is 0.765. The van der Waals surface area contributed by atoms with Crippen LogP contribution in [0.25, 0.3) is 0 Å². The Bertz CT molecular complexity index is 529. The number of hydrogen-bond donors (Lipinski definition) is 4. The van der Waals surface area contributed by atoms with Crippen molar-refractivity contribution in [3.63, 3.8) is 0 Å². The van der Waals surface area contributed by atoms with Gasteiger partial charge in [-0.1, -0.05) is 6.92 Å². The minimum absolute atomic E-state index is 0.499. The minimum atomic E-state index is 0.499. The molecule has 0 aromatic carbocycles. The van der Waals surface area contributed by atoms with Gasteiger partial charge in [-0.25, -0.2) is 0 Å². The van der Waals surface area contributed by atoms with Gasteiger partial charge in [-0.15, -0.1) is 0 Å². The molecular weight excluding hydrogens is 380 g/mol. The maximum Gasteiger partial charge on any atom is 0.187 e. The van der Waals surface area contributed by atoms with Gasteiger partial charge in [-0.05, 0) is 77.8 Å². The van der Waals surface area contributed by atoms with Crippen LogP contribution in [-0.2, 0) is 0 Å². The molecule has 0 aromatic heterocycles. The zero-order valence-corrected chi connectivity index (χ0v) is 18.6. The van der Waals surface area contributed by atoms with Crippen molar-refractivity contribution in [1.29, 1.82) is 0 Å². The molecular formula is C17H34N8S2. The second-order valence-corrected chi connectivity index (χ2v) is 7.39. The first-order valence-corrected chi connectivity index (χ1v) is 10.3. The van der Waals surface area contributed by atoms with Crippen molar-refractivity contribution >= 4 is 46.1 Å². The summed E-state index contributed by atoms with van der Waals surface area (Å²) in [6, 6.07) is 0. The van der Waals surface area contributed by atoms with Crippen LogP contribution < -0.4 is 21.5 Å². The highest BCUT2D eigenvalue weighted by Gasteiger charge is 2.10. The van der Waals surface area contributed by atoms with Gasteiger partial charge in [0.05, 0.1) is 11.4 Å². The highest BCUT2D eigenvalue weighted by molar-refractivity contribution is 7.80. The first-order valence-electron chi connectivity index (χ1n) is 9.50. The standard InChI is InChI=1S/C17H34N8S2/c1-5-24(4)12-8-18-16(26)22-20-14(2)15(3)21-23-17(27)19-9-13-25-10-6-7-11-25/h5-13H2,1-4H3,(H2,18,22,26)(H2,19,23,27)/b20-14-,21-15-. The quantitative estimate of drug-likeness (QED) is 0.237. The molecule has 1 aliphatic rings. The Labute approximate surface area is 174 Å². The van der Waals surface area contributed by atoms with Gasteiger partial charge in [0.25, 0.3) is 0 Å². The highest BCUT2D eigenvalue weighted by atomic mass is 32.1. The van der Waals surface area contributed by atoms with Crippen LogP contribution in [0.2, 0.25) is 0 Å². The van der Waals surface area contributed by atoms with E-state index in [4.69, 9.17) is 24.4 Å². The largest absolute Gasteiger partial charge is 0.360 e. The summed E-state index contributed by atoms with van der Waals surface area (Å²) in [5, 5.41) is 15.8. The Hall–Kier alpha value is -1.36. The Morgan fingerprint density at radius 3 is 2.00 bits per heavy atom. The number of thiocarbonyl (C=S) groups is 2. The molecule has 0 unspecified atom stereocenters. The second kappa shape index (κ2) is 13.8. The molecule has 10 heteroatoms. The van der Waals surface area contributed by atoms with Gasteiger partial charge in [0.15, 0.2) is 10.2 Å². The average molecular weight is 415 g/mol. The minimum Gasteiger partial charge on any atom is -0.360 e. The van der Waals surface area contributed by atoms with Gasteiger partial charge < -0.3 is 20.4 Å². The van der Waals surface area contributed by atoms with Gasteiger partial charge in [-0.3, -0.25) is 10.9 Å². The number of nitrogens with zero attached hydrogens (tertiary/aromatic N) is 4. The summed E-state index contributed by atoms with van der Waals surface area (Å²) in [5.74, 6) is 0. The van der Waals surface area contributed by atoms with Crippen molar-refractivity contribution in [2.45, 2.75) is 33.6 Å². The van der Waals surface area contributed by atoms with Crippen molar-refractivity contribution in [1.82, 2.24) is 31.3 Å². The van der Waals surface area contributed by atoms with E-state index in [0.717, 1.165) is 44.1 Å². The third-order valence-corrected chi connectivity index (χ3v) is 4.88. The average Bonchev–Trinajstić information content (AvgIpc) is 3.17. The summed E-state index contributed by atoms with van der Waals surface area (Å²) < 4.78 is 0. The van der Waals surface area contributed by atoms with E-state index in [1.54, 1.807) is 0 Å². The van der Waals surface area contributed by atoms with E-state index < -0.39 is 0 Å². The Kier molecular flexibility index (Phi) is 12.1. The fourth-order valence-corrected chi connectivity index (χ4v) is 2.66. The van der Waals surface area contributed by atoms with E-state index in [1.165, 1.54) is 25.9 Å². The second-order valence-electron chi connectivity index (χ2n) is 6.57. The normalized spacial score (nSPS) is 15.7. The van der Waals surface area contributed by atoms with E-state index in [1.807, 2.05) is 13.8 Å². The number of rotatable bonds is 10. The molecule has 0 atom stereocenters. The van der Waals surface area contributed by atoms with E-state index in [0.29, 0.717) is 10.2 Å². The van der Waals surface area contributed by atoms with Crippen LogP contribution in [0.4, 0.5) is 0 Å². The third kappa shape index (κ3) is 11.2. The molecule has 1 aliphatic heterocycles. The molecule has 0 radical (unpaired) electrons. The summed E-state index contributed by atoms with van der Waals surface area (Å²) in [5.41, 5.74) is 7.16. The van der Waals surface area contributed by atoms with Gasteiger partial charge in [0, 0.05) is 26.2 Å². The zero-order chi connectivity index (χ0) is 20.1. The molecule has 0 amide bonds. The molecule has 0 spiro atoms. The predicted molar refractivity (Wildman–Crippen MR) is 123 cm³/mol. The maximum atomic E-state index is 5.25. The zero-order valence-electron chi connectivity index (χ0n) is 17.0. The summed E-state index contributed by atoms with van der Waals surface area (Å²) in [6.07, 6.45) is 2.60. The SMILES string of the molecule is CCN(C)CCNC(=S)N/N=C(C)\C(C)=N/NC(=S)NCCN1CCCC1. The fourth-order valence-electron chi connectivity index (χ4n) is 2.36. The molecule has 27 heavy (non-hydrogen) atoms. The van der Waals surface area contributed by atoms with Crippen LogP contribution >= 0.6 is 24.4 Å². The van der Waals surface area contributed by atoms with E-state index in [2.05, 4.69) is 55.5 Å². The predicted octanol–water partition coefficient (Wildman–Crippen LogP) is 0.714. The Morgan fingerprint density at radius 2 is 1.48 bits per heavy atom. The monoisotopic (exact) mass is 414 g/mol. The summed E-state index contributed by atoms with van der Waals surface area (Å²) in [6.45, 7) is 12.8. The van der Waals surface area contributed by atoms with E-state index in [9.17, 15) is 0 Å². The number of likely N-dealkylation sites (tertiary alicyclic amines) is 1. The lowest BCUT2D eigenvalue weighted by Gasteiger charge is -2.15. The number of hydrogen-bond acceptors (Lipinski definition) is 6. The molecule has 1 saturated heterocycles. The summed E-state index contributed by atoms with van der Waals surface area (Å²) in [4.78, 5) is 4.64. The first kappa shape index (κ1) is 23.7. The van der Waals surface area contributed by atoms with Crippen molar-refractivity contribution in [3.05, 3.63) is 0 Å². The highest BCUT2D eigenvalue weighted by Crippen LogP contribution is 2.05. The molecule has 0 bridgehead atoms. The number of likely N-dealkylation sites (N-methyl/N-ethyl adjacent to an activating group) is 1. The van der Waals surface area contributed by atoms with Gasteiger partial charge in [0.2, 0.25) is 0 Å². The third-order valence-electron chi connectivity index (χ3n) is 4.41. The lowest BCUT2D eigenvalue weighted by atomic mass is 10.3. The molecule has 4 N–H and O–H groups in total. The Balaban J connectivity index is 2.23. The van der Waals surface area contributed by atoms with Crippen LogP contribution in [0.3, 0.4) is 0 Å². The van der Waals surface area contributed by atoms with Crippen LogP contribution in [-0.4, -0.2) is 84.3 Å². The molecule has 0 aromatic rings.